The lowest BCUT2D eigenvalue weighted by molar-refractivity contribution is -0.0571. The third-order valence-corrected chi connectivity index (χ3v) is 10.9. The number of aryl methyl sites for hydroxylation is 2. The van der Waals surface area contributed by atoms with Gasteiger partial charge >= 0.3 is 0 Å². The number of nitrogens with zero attached hydrogens (tertiary/aromatic N) is 1. The molecule has 8 atom stereocenters. The number of aliphatic hydroxyl groups excluding tert-OH is 1. The Kier molecular flexibility index (Phi) is 6.06. The number of allylic oxidation sites excluding steroid dienone is 1. The minimum atomic E-state index is -0.0936. The highest BCUT2D eigenvalue weighted by Gasteiger charge is 2.59. The minimum absolute atomic E-state index is 0.0936. The Morgan fingerprint density at radius 1 is 1.06 bits per heavy atom. The molecule has 32 heavy (non-hydrogen) atoms. The van der Waals surface area contributed by atoms with Crippen molar-refractivity contribution in [2.45, 2.75) is 104 Å². The molecule has 5 rings (SSSR count). The minimum Gasteiger partial charge on any atom is -0.393 e. The number of rotatable bonds is 5. The first-order chi connectivity index (χ1) is 15.3. The van der Waals surface area contributed by atoms with E-state index in [4.69, 9.17) is 4.98 Å². The van der Waals surface area contributed by atoms with Gasteiger partial charge in [-0.3, -0.25) is 4.98 Å². The first-order valence-corrected chi connectivity index (χ1v) is 13.7. The van der Waals surface area contributed by atoms with Crippen LogP contribution in [0.5, 0.6) is 0 Å². The fraction of sp³-hybridized carbons (Fsp3) is 0.767. The highest BCUT2D eigenvalue weighted by Crippen LogP contribution is 2.67. The van der Waals surface area contributed by atoms with Crippen molar-refractivity contribution in [3.63, 3.8) is 0 Å². The smallest absolute Gasteiger partial charge is 0.0577 e. The van der Waals surface area contributed by atoms with E-state index in [2.05, 4.69) is 52.0 Å². The molecule has 3 saturated carbocycles. The Morgan fingerprint density at radius 2 is 1.88 bits per heavy atom. The van der Waals surface area contributed by atoms with Crippen LogP contribution in [0.4, 0.5) is 0 Å². The zero-order valence-corrected chi connectivity index (χ0v) is 20.9. The van der Waals surface area contributed by atoms with Crippen LogP contribution < -0.4 is 0 Å². The summed E-state index contributed by atoms with van der Waals surface area (Å²) in [6.45, 7) is 9.96. The van der Waals surface area contributed by atoms with Gasteiger partial charge in [-0.05, 0) is 123 Å². The van der Waals surface area contributed by atoms with Crippen LogP contribution in [0.3, 0.4) is 0 Å². The predicted octanol–water partition coefficient (Wildman–Crippen LogP) is 7.15. The summed E-state index contributed by atoms with van der Waals surface area (Å²) in [7, 11) is 0. The van der Waals surface area contributed by atoms with Crippen LogP contribution in [0.1, 0.15) is 96.9 Å². The third kappa shape index (κ3) is 3.69. The average molecular weight is 436 g/mol. The Morgan fingerprint density at radius 3 is 2.69 bits per heavy atom. The van der Waals surface area contributed by atoms with Crippen molar-refractivity contribution >= 4 is 0 Å². The summed E-state index contributed by atoms with van der Waals surface area (Å²) in [4.78, 5) is 4.87. The van der Waals surface area contributed by atoms with E-state index in [9.17, 15) is 5.11 Å². The molecule has 0 saturated heterocycles. The highest BCUT2D eigenvalue weighted by atomic mass is 16.3. The summed E-state index contributed by atoms with van der Waals surface area (Å²) in [6.07, 6.45) is 16.0. The molecule has 2 heteroatoms. The second-order valence-electron chi connectivity index (χ2n) is 12.4. The molecule has 2 nitrogen and oxygen atoms in total. The lowest BCUT2D eigenvalue weighted by Crippen LogP contribution is -2.50. The van der Waals surface area contributed by atoms with Gasteiger partial charge in [0, 0.05) is 11.4 Å². The molecule has 4 aliphatic carbocycles. The van der Waals surface area contributed by atoms with E-state index >= 15 is 0 Å². The Bertz CT molecular complexity index is 860. The van der Waals surface area contributed by atoms with Crippen molar-refractivity contribution in [3.8, 4) is 0 Å². The van der Waals surface area contributed by atoms with Crippen LogP contribution >= 0.6 is 0 Å². The van der Waals surface area contributed by atoms with E-state index in [-0.39, 0.29) is 6.10 Å². The molecule has 1 aromatic heterocycles. The van der Waals surface area contributed by atoms with Gasteiger partial charge in [0.15, 0.2) is 0 Å². The van der Waals surface area contributed by atoms with Gasteiger partial charge in [-0.2, -0.15) is 0 Å². The van der Waals surface area contributed by atoms with Crippen molar-refractivity contribution in [1.29, 1.82) is 0 Å². The Hall–Kier alpha value is -1.15. The summed E-state index contributed by atoms with van der Waals surface area (Å²) in [5.41, 5.74) is 5.01. The number of hydrogen-bond acceptors (Lipinski definition) is 2. The van der Waals surface area contributed by atoms with E-state index < -0.39 is 0 Å². The van der Waals surface area contributed by atoms with Crippen LogP contribution in [0.2, 0.25) is 0 Å². The molecule has 1 N–H and O–H groups in total. The van der Waals surface area contributed by atoms with Gasteiger partial charge < -0.3 is 5.11 Å². The van der Waals surface area contributed by atoms with Crippen LogP contribution in [0.25, 0.3) is 0 Å². The molecule has 0 aliphatic heterocycles. The van der Waals surface area contributed by atoms with Crippen molar-refractivity contribution < 1.29 is 5.11 Å². The summed E-state index contributed by atoms with van der Waals surface area (Å²) < 4.78 is 0. The largest absolute Gasteiger partial charge is 0.393 e. The summed E-state index contributed by atoms with van der Waals surface area (Å²) in [6, 6.07) is 6.57. The summed E-state index contributed by atoms with van der Waals surface area (Å²) in [5.74, 6) is 4.27. The van der Waals surface area contributed by atoms with Crippen LogP contribution in [-0.4, -0.2) is 16.2 Å². The number of hydrogen-bond donors (Lipinski definition) is 1. The molecule has 3 fully saturated rings. The molecule has 1 unspecified atom stereocenters. The van der Waals surface area contributed by atoms with E-state index in [1.807, 2.05) is 0 Å². The highest BCUT2D eigenvalue weighted by molar-refractivity contribution is 5.25. The van der Waals surface area contributed by atoms with Gasteiger partial charge in [0.25, 0.3) is 0 Å². The van der Waals surface area contributed by atoms with Gasteiger partial charge in [-0.25, -0.2) is 0 Å². The number of aliphatic hydroxyl groups is 1. The second kappa shape index (κ2) is 8.57. The number of aromatic nitrogens is 1. The molecule has 4 aliphatic rings. The van der Waals surface area contributed by atoms with Crippen molar-refractivity contribution in [3.05, 3.63) is 41.2 Å². The maximum atomic E-state index is 10.3. The van der Waals surface area contributed by atoms with Gasteiger partial charge in [0.1, 0.15) is 0 Å². The number of pyridine rings is 1. The molecular formula is C30H45NO. The molecule has 0 radical (unpaired) electrons. The first kappa shape index (κ1) is 22.6. The van der Waals surface area contributed by atoms with Crippen molar-refractivity contribution in [2.24, 2.45) is 40.4 Å². The van der Waals surface area contributed by atoms with Gasteiger partial charge in [0.05, 0.1) is 6.10 Å². The first-order valence-electron chi connectivity index (χ1n) is 13.7. The standard InChI is InChI=1S/C30H45NO/c1-5-22-7-6-8-23(31-22)11-9-20(2)26-13-14-27-25-12-10-21-19-24(32)15-17-29(21,3)28(25)16-18-30(26,27)4/h6-8,10,20,24-28,32H,5,9,11-19H2,1-4H3/t20?,24-,25-,26+,27-,28-,29-,30+/m0/s1. The topological polar surface area (TPSA) is 33.1 Å². The maximum absolute atomic E-state index is 10.3. The Labute approximate surface area is 196 Å². The second-order valence-corrected chi connectivity index (χ2v) is 12.4. The fourth-order valence-electron chi connectivity index (χ4n) is 9.06. The van der Waals surface area contributed by atoms with E-state index in [0.29, 0.717) is 10.8 Å². The monoisotopic (exact) mass is 435 g/mol. The molecule has 0 spiro atoms. The number of fused-ring (bicyclic) bond motifs is 5. The quantitative estimate of drug-likeness (QED) is 0.498. The molecule has 0 aromatic carbocycles. The molecule has 0 bridgehead atoms. The molecule has 0 amide bonds. The van der Waals surface area contributed by atoms with E-state index in [0.717, 1.165) is 55.3 Å². The molecule has 1 heterocycles. The summed E-state index contributed by atoms with van der Waals surface area (Å²) in [5, 5.41) is 10.3. The zero-order chi connectivity index (χ0) is 22.5. The van der Waals surface area contributed by atoms with Crippen LogP contribution in [0.15, 0.2) is 29.8 Å². The molecular weight excluding hydrogens is 390 g/mol. The average Bonchev–Trinajstić information content (AvgIpc) is 3.15. The fourth-order valence-corrected chi connectivity index (χ4v) is 9.06. The van der Waals surface area contributed by atoms with Crippen LogP contribution in [0, 0.1) is 40.4 Å². The van der Waals surface area contributed by atoms with Gasteiger partial charge in [0.2, 0.25) is 0 Å². The molecule has 1 aromatic rings. The van der Waals surface area contributed by atoms with Gasteiger partial charge in [-0.1, -0.05) is 45.4 Å². The maximum Gasteiger partial charge on any atom is 0.0577 e. The van der Waals surface area contributed by atoms with Crippen molar-refractivity contribution in [1.82, 2.24) is 4.98 Å². The Balaban J connectivity index is 1.29. The zero-order valence-electron chi connectivity index (χ0n) is 20.9. The van der Waals surface area contributed by atoms with Crippen molar-refractivity contribution in [2.75, 3.05) is 0 Å². The summed E-state index contributed by atoms with van der Waals surface area (Å²) >= 11 is 0. The van der Waals surface area contributed by atoms with E-state index in [1.165, 1.54) is 56.3 Å². The lowest BCUT2D eigenvalue weighted by Gasteiger charge is -2.58. The van der Waals surface area contributed by atoms with Gasteiger partial charge in [-0.15, -0.1) is 0 Å². The predicted molar refractivity (Wildman–Crippen MR) is 132 cm³/mol. The molecule has 176 valence electrons. The van der Waals surface area contributed by atoms with E-state index in [1.54, 1.807) is 5.57 Å². The lowest BCUT2D eigenvalue weighted by atomic mass is 9.47. The van der Waals surface area contributed by atoms with Crippen LogP contribution in [-0.2, 0) is 12.8 Å². The third-order valence-electron chi connectivity index (χ3n) is 10.9. The normalized spacial score (nSPS) is 41.9. The SMILES string of the molecule is CCc1cccc(CCC(C)[C@H]2CC[C@H]3[C@@H]4CC=C5C[C@@H](O)CC[C@]5(C)[C@H]4CC[C@]23C)n1.